The number of anilines is 1. The molecule has 1 saturated heterocycles. The second kappa shape index (κ2) is 5.51. The molecule has 0 saturated carbocycles. The number of amides is 1. The van der Waals surface area contributed by atoms with E-state index < -0.39 is 0 Å². The highest BCUT2D eigenvalue weighted by molar-refractivity contribution is 8.93. The molecule has 1 unspecified atom stereocenters. The normalized spacial score (nSPS) is 22.6. The number of fused-ring (bicyclic) bond motifs is 1. The highest BCUT2D eigenvalue weighted by Crippen LogP contribution is 2.39. The van der Waals surface area contributed by atoms with Crippen LogP contribution in [0.15, 0.2) is 12.1 Å². The van der Waals surface area contributed by atoms with E-state index >= 15 is 0 Å². The molecule has 0 bridgehead atoms. The molecule has 1 atom stereocenters. The maximum atomic E-state index is 11.5. The van der Waals surface area contributed by atoms with E-state index in [2.05, 4.69) is 17.3 Å². The Morgan fingerprint density at radius 3 is 2.95 bits per heavy atom. The van der Waals surface area contributed by atoms with Gasteiger partial charge in [-0.15, -0.1) is 17.0 Å². The van der Waals surface area contributed by atoms with Crippen molar-refractivity contribution >= 4 is 28.6 Å². The number of piperidine rings is 1. The third-order valence-electron chi connectivity index (χ3n) is 3.99. The number of hydrogen-bond donors (Lipinski definition) is 2. The van der Waals surface area contributed by atoms with Crippen molar-refractivity contribution in [3.05, 3.63) is 23.3 Å². The van der Waals surface area contributed by atoms with Crippen molar-refractivity contribution in [1.82, 2.24) is 4.90 Å². The van der Waals surface area contributed by atoms with Crippen molar-refractivity contribution in [3.63, 3.8) is 0 Å². The van der Waals surface area contributed by atoms with Crippen LogP contribution in [-0.4, -0.2) is 36.1 Å². The summed E-state index contributed by atoms with van der Waals surface area (Å²) in [7, 11) is 2.14. The van der Waals surface area contributed by atoms with Crippen LogP contribution in [0, 0.1) is 0 Å². The van der Waals surface area contributed by atoms with Gasteiger partial charge >= 0.3 is 0 Å². The van der Waals surface area contributed by atoms with Gasteiger partial charge in [0.1, 0.15) is 5.75 Å². The number of phenols is 1. The van der Waals surface area contributed by atoms with Gasteiger partial charge in [-0.2, -0.15) is 0 Å². The highest BCUT2D eigenvalue weighted by atomic mass is 79.9. The van der Waals surface area contributed by atoms with Crippen LogP contribution in [0.2, 0.25) is 0 Å². The van der Waals surface area contributed by atoms with Gasteiger partial charge in [0, 0.05) is 6.54 Å². The van der Waals surface area contributed by atoms with Crippen LogP contribution in [0.5, 0.6) is 5.75 Å². The second-order valence-corrected chi connectivity index (χ2v) is 5.35. The van der Waals surface area contributed by atoms with E-state index in [0.29, 0.717) is 18.0 Å². The predicted molar refractivity (Wildman–Crippen MR) is 80.2 cm³/mol. The molecule has 0 aromatic heterocycles. The van der Waals surface area contributed by atoms with Crippen LogP contribution >= 0.6 is 17.0 Å². The summed E-state index contributed by atoms with van der Waals surface area (Å²) in [4.78, 5) is 13.8. The lowest BCUT2D eigenvalue weighted by Crippen LogP contribution is -2.31. The van der Waals surface area contributed by atoms with Gasteiger partial charge in [0.15, 0.2) is 0 Å². The fourth-order valence-corrected chi connectivity index (χ4v) is 3.13. The number of aromatic hydroxyl groups is 1. The van der Waals surface area contributed by atoms with Gasteiger partial charge in [-0.3, -0.25) is 4.79 Å². The molecule has 0 radical (unpaired) electrons. The summed E-state index contributed by atoms with van der Waals surface area (Å²) in [6.07, 6.45) is 2.76. The minimum atomic E-state index is -0.0167. The highest BCUT2D eigenvalue weighted by Gasteiger charge is 2.28. The predicted octanol–water partition coefficient (Wildman–Crippen LogP) is 2.27. The Morgan fingerprint density at radius 1 is 1.42 bits per heavy atom. The molecule has 4 nitrogen and oxygen atoms in total. The zero-order chi connectivity index (χ0) is 12.7. The van der Waals surface area contributed by atoms with Crippen molar-refractivity contribution in [2.24, 2.45) is 0 Å². The van der Waals surface area contributed by atoms with E-state index in [9.17, 15) is 9.90 Å². The maximum Gasteiger partial charge on any atom is 0.228 e. The number of likely N-dealkylation sites (tertiary alicyclic amines) is 1. The number of nitrogens with zero attached hydrogens (tertiary/aromatic N) is 1. The summed E-state index contributed by atoms with van der Waals surface area (Å²) < 4.78 is 0. The van der Waals surface area contributed by atoms with E-state index in [-0.39, 0.29) is 28.6 Å². The molecule has 2 N–H and O–H groups in total. The Kier molecular flexibility index (Phi) is 4.16. The first-order valence-corrected chi connectivity index (χ1v) is 6.48. The van der Waals surface area contributed by atoms with Crippen LogP contribution in [0.1, 0.15) is 29.9 Å². The third-order valence-corrected chi connectivity index (χ3v) is 3.99. The van der Waals surface area contributed by atoms with Crippen LogP contribution in [0.3, 0.4) is 0 Å². The minimum Gasteiger partial charge on any atom is -0.506 e. The molecule has 1 aromatic rings. The number of benzene rings is 1. The van der Waals surface area contributed by atoms with Gasteiger partial charge in [-0.05, 0) is 49.5 Å². The number of nitrogens with one attached hydrogen (secondary N) is 1. The summed E-state index contributed by atoms with van der Waals surface area (Å²) in [6, 6.07) is 3.69. The van der Waals surface area contributed by atoms with Gasteiger partial charge in [-0.25, -0.2) is 0 Å². The molecule has 19 heavy (non-hydrogen) atoms. The van der Waals surface area contributed by atoms with Gasteiger partial charge in [0.05, 0.1) is 12.1 Å². The van der Waals surface area contributed by atoms with E-state index in [1.807, 2.05) is 6.07 Å². The minimum absolute atomic E-state index is 0. The number of rotatable bonds is 1. The van der Waals surface area contributed by atoms with Crippen molar-refractivity contribution in [2.45, 2.75) is 25.2 Å². The maximum absolute atomic E-state index is 11.5. The van der Waals surface area contributed by atoms with E-state index in [1.54, 1.807) is 6.07 Å². The average molecular weight is 327 g/mol. The van der Waals surface area contributed by atoms with Crippen LogP contribution < -0.4 is 5.32 Å². The smallest absolute Gasteiger partial charge is 0.228 e. The Labute approximate surface area is 123 Å². The lowest BCUT2D eigenvalue weighted by molar-refractivity contribution is -0.115. The number of halogens is 1. The molecule has 3 rings (SSSR count). The molecule has 104 valence electrons. The molecule has 1 fully saturated rings. The fraction of sp³-hybridized carbons (Fsp3) is 0.500. The summed E-state index contributed by atoms with van der Waals surface area (Å²) in [5.41, 5.74) is 2.86. The van der Waals surface area contributed by atoms with Crippen molar-refractivity contribution in [1.29, 1.82) is 0 Å². The van der Waals surface area contributed by atoms with E-state index in [1.165, 1.54) is 12.0 Å². The topological polar surface area (TPSA) is 52.6 Å². The Balaban J connectivity index is 0.00000133. The van der Waals surface area contributed by atoms with Gasteiger partial charge < -0.3 is 15.3 Å². The zero-order valence-electron chi connectivity index (χ0n) is 11.0. The number of phenolic OH excluding ortho intramolecular Hbond substituents is 1. The van der Waals surface area contributed by atoms with Crippen molar-refractivity contribution in [3.8, 4) is 5.75 Å². The first-order valence-electron chi connectivity index (χ1n) is 6.48. The molecule has 0 aliphatic carbocycles. The number of carbonyl (C=O) groups is 1. The third kappa shape index (κ3) is 2.62. The molecule has 0 spiro atoms. The SMILES string of the molecule is Br.CN1CCCC(c2ccc(O)c3c2CC(=O)N3)C1. The summed E-state index contributed by atoms with van der Waals surface area (Å²) in [6.45, 7) is 2.18. The van der Waals surface area contributed by atoms with Crippen LogP contribution in [0.25, 0.3) is 0 Å². The molecule has 2 aliphatic rings. The number of hydrogen-bond acceptors (Lipinski definition) is 3. The fourth-order valence-electron chi connectivity index (χ4n) is 3.13. The average Bonchev–Trinajstić information content (AvgIpc) is 2.72. The molecular weight excluding hydrogens is 308 g/mol. The Morgan fingerprint density at radius 2 is 2.21 bits per heavy atom. The lowest BCUT2D eigenvalue weighted by atomic mass is 9.86. The lowest BCUT2D eigenvalue weighted by Gasteiger charge is -2.31. The first-order chi connectivity index (χ1) is 8.65. The van der Waals surface area contributed by atoms with Gasteiger partial charge in [0.25, 0.3) is 0 Å². The van der Waals surface area contributed by atoms with Crippen molar-refractivity contribution in [2.75, 3.05) is 25.5 Å². The van der Waals surface area contributed by atoms with Gasteiger partial charge in [0.2, 0.25) is 5.91 Å². The molecule has 2 aliphatic heterocycles. The molecule has 5 heteroatoms. The first kappa shape index (κ1) is 14.3. The quantitative estimate of drug-likeness (QED) is 0.778. The monoisotopic (exact) mass is 326 g/mol. The summed E-state index contributed by atoms with van der Waals surface area (Å²) in [5.74, 6) is 0.645. The zero-order valence-corrected chi connectivity index (χ0v) is 12.7. The van der Waals surface area contributed by atoms with Crippen LogP contribution in [-0.2, 0) is 11.2 Å². The number of likely N-dealkylation sites (N-methyl/N-ethyl adjacent to an activating group) is 1. The molecule has 1 amide bonds. The van der Waals surface area contributed by atoms with E-state index in [4.69, 9.17) is 0 Å². The largest absolute Gasteiger partial charge is 0.506 e. The molecular formula is C14H19BrN2O2. The molecule has 1 aromatic carbocycles. The number of carbonyl (C=O) groups excluding carboxylic acids is 1. The Bertz CT molecular complexity index is 504. The second-order valence-electron chi connectivity index (χ2n) is 5.35. The standard InChI is InChI=1S/C14H18N2O2.BrH/c1-16-6-2-3-9(8-16)10-4-5-12(17)14-11(10)7-13(18)15-14;/h4-5,9,17H,2-3,6-8H2,1H3,(H,15,18);1H. The van der Waals surface area contributed by atoms with Crippen LogP contribution in [0.4, 0.5) is 5.69 Å². The molecule has 2 heterocycles. The summed E-state index contributed by atoms with van der Waals surface area (Å²) >= 11 is 0. The van der Waals surface area contributed by atoms with E-state index in [0.717, 1.165) is 25.1 Å². The Hall–Kier alpha value is -1.07. The summed E-state index contributed by atoms with van der Waals surface area (Å²) in [5, 5.41) is 12.6. The van der Waals surface area contributed by atoms with Gasteiger partial charge in [-0.1, -0.05) is 6.07 Å². The van der Waals surface area contributed by atoms with Crippen molar-refractivity contribution < 1.29 is 9.90 Å².